The second-order valence-corrected chi connectivity index (χ2v) is 8.64. The molecular weight excluding hydrogens is 439 g/mol. The molecule has 3 aromatic rings. The van der Waals surface area contributed by atoms with Crippen LogP contribution in [0.1, 0.15) is 62.0 Å². The molecule has 4 rings (SSSR count). The number of aromatic nitrogens is 1. The fourth-order valence-electron chi connectivity index (χ4n) is 4.53. The monoisotopic (exact) mass is 470 g/mol. The summed E-state index contributed by atoms with van der Waals surface area (Å²) in [7, 11) is 1.57. The lowest BCUT2D eigenvalue weighted by atomic mass is 9.90. The van der Waals surface area contributed by atoms with E-state index in [0.717, 1.165) is 48.1 Å². The van der Waals surface area contributed by atoms with Gasteiger partial charge < -0.3 is 24.1 Å². The van der Waals surface area contributed by atoms with Gasteiger partial charge in [-0.15, -0.1) is 0 Å². The fraction of sp³-hybridized carbons (Fsp3) is 0.462. The number of halogens is 1. The molecule has 0 spiro atoms. The molecule has 0 aliphatic carbocycles. The van der Waals surface area contributed by atoms with Gasteiger partial charge in [0.2, 0.25) is 0 Å². The van der Waals surface area contributed by atoms with E-state index >= 15 is 0 Å². The summed E-state index contributed by atoms with van der Waals surface area (Å²) in [6.45, 7) is 5.51. The Labute approximate surface area is 198 Å². The first kappa shape index (κ1) is 24.0. The van der Waals surface area contributed by atoms with Crippen LogP contribution in [0.2, 0.25) is 0 Å². The number of nitrogens with zero attached hydrogens (tertiary/aromatic N) is 1. The molecular formula is C26H31FN2O5. The van der Waals surface area contributed by atoms with Crippen molar-refractivity contribution < 1.29 is 27.9 Å². The number of benzene rings is 2. The second kappa shape index (κ2) is 10.9. The molecule has 2 heterocycles. The number of hydrogen-bond acceptors (Lipinski definition) is 7. The first-order chi connectivity index (χ1) is 16.5. The van der Waals surface area contributed by atoms with Crippen molar-refractivity contribution in [2.45, 2.75) is 51.6 Å². The molecule has 1 N–H and O–H groups in total. The van der Waals surface area contributed by atoms with E-state index in [9.17, 15) is 9.18 Å². The number of esters is 1. The van der Waals surface area contributed by atoms with Crippen molar-refractivity contribution in [1.29, 1.82) is 0 Å². The summed E-state index contributed by atoms with van der Waals surface area (Å²) in [5.74, 6) is 0.827. The third-order valence-electron chi connectivity index (χ3n) is 6.22. The van der Waals surface area contributed by atoms with Crippen LogP contribution in [0.15, 0.2) is 34.9 Å². The summed E-state index contributed by atoms with van der Waals surface area (Å²) in [4.78, 5) is 11.2. The van der Waals surface area contributed by atoms with Gasteiger partial charge in [0.15, 0.2) is 17.1 Å². The van der Waals surface area contributed by atoms with Crippen LogP contribution in [0.5, 0.6) is 11.5 Å². The highest BCUT2D eigenvalue weighted by molar-refractivity contribution is 5.84. The normalized spacial score (nSPS) is 15.3. The summed E-state index contributed by atoms with van der Waals surface area (Å²) in [6.07, 6.45) is 2.93. The number of hydrogen-bond donors (Lipinski definition) is 1. The van der Waals surface area contributed by atoms with Gasteiger partial charge in [0.1, 0.15) is 11.9 Å². The number of piperidine rings is 1. The first-order valence-electron chi connectivity index (χ1n) is 11.7. The van der Waals surface area contributed by atoms with Crippen molar-refractivity contribution in [3.8, 4) is 11.5 Å². The number of carbonyl (C=O) groups excluding carboxylic acids is 1. The second-order valence-electron chi connectivity index (χ2n) is 8.64. The van der Waals surface area contributed by atoms with E-state index in [0.29, 0.717) is 42.4 Å². The Bertz CT molecular complexity index is 1140. The van der Waals surface area contributed by atoms with Gasteiger partial charge in [-0.1, -0.05) is 11.2 Å². The Balaban J connectivity index is 1.43. The molecule has 1 unspecified atom stereocenters. The number of rotatable bonds is 9. The van der Waals surface area contributed by atoms with Gasteiger partial charge in [-0.3, -0.25) is 4.79 Å². The zero-order valence-corrected chi connectivity index (χ0v) is 19.9. The quantitative estimate of drug-likeness (QED) is 0.345. The molecule has 1 fully saturated rings. The van der Waals surface area contributed by atoms with Crippen LogP contribution >= 0.6 is 0 Å². The molecule has 8 heteroatoms. The minimum absolute atomic E-state index is 0.320. The Hall–Kier alpha value is -3.13. The number of fused-ring (bicyclic) bond motifs is 1. The van der Waals surface area contributed by atoms with Crippen molar-refractivity contribution in [1.82, 2.24) is 10.5 Å². The smallest absolute Gasteiger partial charge is 0.303 e. The minimum Gasteiger partial charge on any atom is -0.493 e. The van der Waals surface area contributed by atoms with Gasteiger partial charge >= 0.3 is 5.97 Å². The zero-order chi connectivity index (χ0) is 24.1. The average molecular weight is 471 g/mol. The Morgan fingerprint density at radius 2 is 2.03 bits per heavy atom. The number of ether oxygens (including phenoxy) is 3. The van der Waals surface area contributed by atoms with Gasteiger partial charge in [-0.2, -0.15) is 0 Å². The fourth-order valence-corrected chi connectivity index (χ4v) is 4.53. The maximum Gasteiger partial charge on any atom is 0.303 e. The molecule has 1 aromatic heterocycles. The molecule has 182 valence electrons. The van der Waals surface area contributed by atoms with E-state index in [-0.39, 0.29) is 17.9 Å². The molecule has 2 aromatic carbocycles. The van der Waals surface area contributed by atoms with Crippen LogP contribution < -0.4 is 14.8 Å². The van der Waals surface area contributed by atoms with Gasteiger partial charge in [-0.25, -0.2) is 4.39 Å². The summed E-state index contributed by atoms with van der Waals surface area (Å²) in [5.41, 5.74) is 3.15. The first-order valence-corrected chi connectivity index (χ1v) is 11.7. The lowest BCUT2D eigenvalue weighted by Crippen LogP contribution is -2.26. The van der Waals surface area contributed by atoms with Gasteiger partial charge in [0, 0.05) is 24.3 Å². The van der Waals surface area contributed by atoms with E-state index in [1.165, 1.54) is 13.0 Å². The van der Waals surface area contributed by atoms with Gasteiger partial charge in [-0.05, 0) is 75.0 Å². The maximum absolute atomic E-state index is 14.2. The van der Waals surface area contributed by atoms with Crippen molar-refractivity contribution >= 4 is 16.9 Å². The Kier molecular flexibility index (Phi) is 7.67. The summed E-state index contributed by atoms with van der Waals surface area (Å²) >= 11 is 0. The number of nitrogens with one attached hydrogen (secondary N) is 1. The van der Waals surface area contributed by atoms with E-state index in [1.807, 2.05) is 18.2 Å². The molecule has 0 radical (unpaired) electrons. The Morgan fingerprint density at radius 1 is 1.24 bits per heavy atom. The number of methoxy groups -OCH3 is 1. The van der Waals surface area contributed by atoms with E-state index in [1.54, 1.807) is 20.1 Å². The molecule has 1 aliphatic rings. The topological polar surface area (TPSA) is 82.8 Å². The highest BCUT2D eigenvalue weighted by Gasteiger charge is 2.24. The molecule has 1 aliphatic heterocycles. The molecule has 0 saturated carbocycles. The number of aryl methyl sites for hydroxylation is 1. The van der Waals surface area contributed by atoms with Crippen molar-refractivity contribution in [2.75, 3.05) is 26.8 Å². The van der Waals surface area contributed by atoms with Crippen molar-refractivity contribution in [3.63, 3.8) is 0 Å². The summed E-state index contributed by atoms with van der Waals surface area (Å²) in [6, 6.07) is 8.46. The highest BCUT2D eigenvalue weighted by atomic mass is 19.1. The minimum atomic E-state index is -0.381. The maximum atomic E-state index is 14.2. The van der Waals surface area contributed by atoms with Crippen molar-refractivity contribution in [2.24, 2.45) is 0 Å². The molecule has 7 nitrogen and oxygen atoms in total. The molecule has 1 saturated heterocycles. The van der Waals surface area contributed by atoms with Crippen LogP contribution in [0.4, 0.5) is 4.39 Å². The largest absolute Gasteiger partial charge is 0.493 e. The Morgan fingerprint density at radius 3 is 2.76 bits per heavy atom. The van der Waals surface area contributed by atoms with Crippen LogP contribution in [0, 0.1) is 5.82 Å². The summed E-state index contributed by atoms with van der Waals surface area (Å²) in [5, 5.41) is 8.62. The molecule has 1 atom stereocenters. The van der Waals surface area contributed by atoms with Crippen molar-refractivity contribution in [3.05, 3.63) is 53.0 Å². The van der Waals surface area contributed by atoms with Gasteiger partial charge in [0.25, 0.3) is 0 Å². The van der Waals surface area contributed by atoms with Crippen LogP contribution in [-0.2, 0) is 16.0 Å². The SMILES string of the molecule is COc1cc(C(C)OC(C)=O)ccc1OCCCc1cc(F)cc2onc(C3CCNCC3)c12. The van der Waals surface area contributed by atoms with E-state index in [4.69, 9.17) is 18.7 Å². The number of carbonyl (C=O) groups is 1. The molecule has 0 amide bonds. The standard InChI is InChI=1S/C26H31FN2O5/c1-16(33-17(2)30)19-6-7-22(23(14-19)31-3)32-12-4-5-20-13-21(27)15-24-25(20)26(29-34-24)18-8-10-28-11-9-18/h6-7,13-16,18,28H,4-5,8-12H2,1-3H3. The predicted molar refractivity (Wildman–Crippen MR) is 126 cm³/mol. The zero-order valence-electron chi connectivity index (χ0n) is 19.9. The lowest BCUT2D eigenvalue weighted by molar-refractivity contribution is -0.145. The van der Waals surface area contributed by atoms with Crippen LogP contribution in [0.25, 0.3) is 11.0 Å². The predicted octanol–water partition coefficient (Wildman–Crippen LogP) is 5.08. The summed E-state index contributed by atoms with van der Waals surface area (Å²) < 4.78 is 36.4. The van der Waals surface area contributed by atoms with Crippen LogP contribution in [0.3, 0.4) is 0 Å². The van der Waals surface area contributed by atoms with E-state index < -0.39 is 0 Å². The van der Waals surface area contributed by atoms with E-state index in [2.05, 4.69) is 10.5 Å². The van der Waals surface area contributed by atoms with Crippen LogP contribution in [-0.4, -0.2) is 37.9 Å². The highest BCUT2D eigenvalue weighted by Crippen LogP contribution is 2.35. The molecule has 34 heavy (non-hydrogen) atoms. The lowest BCUT2D eigenvalue weighted by Gasteiger charge is -2.21. The van der Waals surface area contributed by atoms with Gasteiger partial charge in [0.05, 0.1) is 19.4 Å². The third-order valence-corrected chi connectivity index (χ3v) is 6.22. The molecule has 0 bridgehead atoms. The average Bonchev–Trinajstić information content (AvgIpc) is 3.25. The third kappa shape index (κ3) is 5.50.